The summed E-state index contributed by atoms with van der Waals surface area (Å²) in [5, 5.41) is 0. The van der Waals surface area contributed by atoms with E-state index in [-0.39, 0.29) is 0 Å². The van der Waals surface area contributed by atoms with Crippen molar-refractivity contribution >= 4 is 51.2 Å². The normalized spacial score (nSPS) is 14.4. The number of para-hydroxylation sites is 5. The molecule has 0 N–H and O–H groups in total. The molecule has 11 aromatic rings. The Morgan fingerprint density at radius 3 is 1.25 bits per heavy atom. The van der Waals surface area contributed by atoms with Crippen molar-refractivity contribution in [1.82, 2.24) is 9.97 Å². The predicted octanol–water partition coefficient (Wildman–Crippen LogP) is 16.2. The molecule has 15 rings (SSSR count). The van der Waals surface area contributed by atoms with Crippen molar-refractivity contribution in [3.63, 3.8) is 0 Å². The number of pyridine rings is 2. The second-order valence-electron chi connectivity index (χ2n) is 18.8. The highest BCUT2D eigenvalue weighted by Gasteiger charge is 2.55. The molecule has 332 valence electrons. The predicted molar refractivity (Wildman–Crippen MR) is 288 cm³/mol. The van der Waals surface area contributed by atoms with Crippen molar-refractivity contribution < 1.29 is 0 Å². The minimum atomic E-state index is -0.826. The SMILES string of the molecule is c1ccc(N(c2ccccc2)c2ccc3c(c2)C2(c4cc(N5c6ccccc6C6(c7ccccc7-c7ccccc76)c6ccccc65)ccc4N3c3ccccc3)c3cccnc3-c3ncccc32)cc1. The molecule has 5 nitrogen and oxygen atoms in total. The van der Waals surface area contributed by atoms with E-state index < -0.39 is 10.8 Å². The molecule has 0 radical (unpaired) electrons. The fourth-order valence-corrected chi connectivity index (χ4v) is 12.9. The van der Waals surface area contributed by atoms with E-state index in [1.165, 1.54) is 33.4 Å². The van der Waals surface area contributed by atoms with E-state index in [4.69, 9.17) is 9.97 Å². The van der Waals surface area contributed by atoms with Crippen LogP contribution in [0.5, 0.6) is 0 Å². The van der Waals surface area contributed by atoms with Crippen LogP contribution >= 0.6 is 0 Å². The molecule has 2 aliphatic heterocycles. The van der Waals surface area contributed by atoms with Crippen molar-refractivity contribution in [1.29, 1.82) is 0 Å². The molecule has 2 spiro atoms. The van der Waals surface area contributed by atoms with E-state index in [9.17, 15) is 0 Å². The van der Waals surface area contributed by atoms with Gasteiger partial charge in [0.15, 0.2) is 0 Å². The number of nitrogens with zero attached hydrogens (tertiary/aromatic N) is 5. The van der Waals surface area contributed by atoms with Crippen LogP contribution in [0, 0.1) is 0 Å². The van der Waals surface area contributed by atoms with E-state index in [1.54, 1.807) is 0 Å². The van der Waals surface area contributed by atoms with Gasteiger partial charge in [0, 0.05) is 40.8 Å². The van der Waals surface area contributed by atoms with Crippen LogP contribution in [0.3, 0.4) is 0 Å². The largest absolute Gasteiger partial charge is 0.310 e. The third-order valence-electron chi connectivity index (χ3n) is 15.5. The van der Waals surface area contributed by atoms with Gasteiger partial charge in [0.25, 0.3) is 0 Å². The molecule has 2 aliphatic carbocycles. The van der Waals surface area contributed by atoms with Crippen molar-refractivity contribution in [2.24, 2.45) is 0 Å². The molecular formula is C66H43N5. The first-order valence-corrected chi connectivity index (χ1v) is 24.4. The van der Waals surface area contributed by atoms with E-state index in [0.29, 0.717) is 0 Å². The lowest BCUT2D eigenvalue weighted by Gasteiger charge is -2.47. The van der Waals surface area contributed by atoms with Gasteiger partial charge in [-0.1, -0.05) is 152 Å². The summed E-state index contributed by atoms with van der Waals surface area (Å²) >= 11 is 0. The number of anilines is 9. The van der Waals surface area contributed by atoms with Gasteiger partial charge < -0.3 is 14.7 Å². The zero-order valence-corrected chi connectivity index (χ0v) is 38.6. The first-order chi connectivity index (χ1) is 35.3. The lowest BCUT2D eigenvalue weighted by atomic mass is 9.64. The molecule has 5 heteroatoms. The van der Waals surface area contributed by atoms with Gasteiger partial charge in [0.2, 0.25) is 0 Å². The van der Waals surface area contributed by atoms with Crippen LogP contribution in [0.4, 0.5) is 51.2 Å². The number of rotatable bonds is 5. The first kappa shape index (κ1) is 39.7. The average Bonchev–Trinajstić information content (AvgIpc) is 3.91. The molecule has 0 unspecified atom stereocenters. The fraction of sp³-hybridized carbons (Fsp3) is 0.0303. The molecule has 0 amide bonds. The standard InChI is InChI=1S/C66H43N5/c1-4-20-44(21-5-1)69(45-22-6-2-7-23-45)47-36-38-61-57(42-47)66(55-32-18-40-67-63(55)64-56(66)33-19-41-68-64)58-43-48(37-39-62(58)70(61)46-24-8-3-9-25-46)71-59-34-16-14-30-53(59)65(54-31-15-17-35-60(54)71)51-28-12-10-26-49(51)50-27-11-13-29-52(50)65/h1-43H. The minimum Gasteiger partial charge on any atom is -0.310 e. The molecule has 0 atom stereocenters. The minimum absolute atomic E-state index is 0.518. The molecular weight excluding hydrogens is 863 g/mol. The van der Waals surface area contributed by atoms with Crippen LogP contribution < -0.4 is 14.7 Å². The van der Waals surface area contributed by atoms with Crippen molar-refractivity contribution in [2.75, 3.05) is 14.7 Å². The lowest BCUT2D eigenvalue weighted by Crippen LogP contribution is -2.38. The summed E-state index contributed by atoms with van der Waals surface area (Å²) in [6.07, 6.45) is 3.82. The second-order valence-corrected chi connectivity index (χ2v) is 18.8. The molecule has 0 saturated heterocycles. The molecule has 4 heterocycles. The van der Waals surface area contributed by atoms with Crippen LogP contribution in [-0.2, 0) is 10.8 Å². The molecule has 0 fully saturated rings. The van der Waals surface area contributed by atoms with E-state index in [0.717, 1.165) is 84.8 Å². The summed E-state index contributed by atoms with van der Waals surface area (Å²) < 4.78 is 0. The molecule has 4 aliphatic rings. The van der Waals surface area contributed by atoms with Gasteiger partial charge in [-0.05, 0) is 153 Å². The van der Waals surface area contributed by atoms with Crippen LogP contribution in [-0.4, -0.2) is 9.97 Å². The van der Waals surface area contributed by atoms with Crippen LogP contribution in [0.15, 0.2) is 261 Å². The van der Waals surface area contributed by atoms with Gasteiger partial charge in [0.05, 0.1) is 45.0 Å². The van der Waals surface area contributed by atoms with Gasteiger partial charge in [-0.25, -0.2) is 0 Å². The van der Waals surface area contributed by atoms with E-state index >= 15 is 0 Å². The molecule has 0 bridgehead atoms. The maximum absolute atomic E-state index is 5.18. The van der Waals surface area contributed by atoms with Crippen LogP contribution in [0.2, 0.25) is 0 Å². The summed E-state index contributed by atoms with van der Waals surface area (Å²) in [4.78, 5) is 17.7. The van der Waals surface area contributed by atoms with Crippen molar-refractivity contribution in [3.8, 4) is 22.5 Å². The van der Waals surface area contributed by atoms with Gasteiger partial charge in [-0.3, -0.25) is 9.97 Å². The van der Waals surface area contributed by atoms with Gasteiger partial charge >= 0.3 is 0 Å². The fourth-order valence-electron chi connectivity index (χ4n) is 12.9. The maximum atomic E-state index is 5.18. The Hall–Kier alpha value is -9.32. The number of hydrogen-bond donors (Lipinski definition) is 0. The highest BCUT2D eigenvalue weighted by atomic mass is 15.2. The van der Waals surface area contributed by atoms with E-state index in [2.05, 4.69) is 263 Å². The average molecular weight is 906 g/mol. The summed E-state index contributed by atoms with van der Waals surface area (Å²) in [5.74, 6) is 0. The highest BCUT2D eigenvalue weighted by Crippen LogP contribution is 2.66. The quantitative estimate of drug-likeness (QED) is 0.172. The highest BCUT2D eigenvalue weighted by molar-refractivity contribution is 5.99. The zero-order valence-electron chi connectivity index (χ0n) is 38.6. The van der Waals surface area contributed by atoms with Crippen molar-refractivity contribution in [3.05, 3.63) is 306 Å². The Labute approximate surface area is 412 Å². The summed E-state index contributed by atoms with van der Waals surface area (Å²) in [5.41, 5.74) is 22.6. The molecule has 0 saturated carbocycles. The summed E-state index contributed by atoms with van der Waals surface area (Å²) in [7, 11) is 0. The Kier molecular flexibility index (Phi) is 8.43. The third kappa shape index (κ3) is 5.29. The third-order valence-corrected chi connectivity index (χ3v) is 15.5. The van der Waals surface area contributed by atoms with Gasteiger partial charge in [0.1, 0.15) is 0 Å². The van der Waals surface area contributed by atoms with Gasteiger partial charge in [-0.15, -0.1) is 0 Å². The smallest absolute Gasteiger partial charge is 0.0937 e. The molecule has 2 aromatic heterocycles. The monoisotopic (exact) mass is 905 g/mol. The Bertz CT molecular complexity index is 3740. The number of aromatic nitrogens is 2. The Morgan fingerprint density at radius 2 is 0.690 bits per heavy atom. The first-order valence-electron chi connectivity index (χ1n) is 24.4. The van der Waals surface area contributed by atoms with E-state index in [1.807, 2.05) is 12.4 Å². The lowest BCUT2D eigenvalue weighted by molar-refractivity contribution is 0.745. The van der Waals surface area contributed by atoms with Gasteiger partial charge in [-0.2, -0.15) is 0 Å². The van der Waals surface area contributed by atoms with Crippen LogP contribution in [0.25, 0.3) is 22.5 Å². The molecule has 71 heavy (non-hydrogen) atoms. The Balaban J connectivity index is 1.04. The number of hydrogen-bond acceptors (Lipinski definition) is 5. The summed E-state index contributed by atoms with van der Waals surface area (Å²) in [6.45, 7) is 0. The number of benzene rings is 9. The zero-order chi connectivity index (χ0) is 46.7. The van der Waals surface area contributed by atoms with Crippen LogP contribution in [0.1, 0.15) is 44.5 Å². The number of fused-ring (bicyclic) bond motifs is 18. The van der Waals surface area contributed by atoms with Crippen molar-refractivity contribution in [2.45, 2.75) is 10.8 Å². The maximum Gasteiger partial charge on any atom is 0.0937 e. The Morgan fingerprint density at radius 1 is 0.282 bits per heavy atom. The molecule has 9 aromatic carbocycles. The second kappa shape index (κ2) is 15.1. The topological polar surface area (TPSA) is 35.5 Å². The summed E-state index contributed by atoms with van der Waals surface area (Å²) in [6, 6.07) is 91.4.